The molecule has 0 saturated carbocycles. The zero-order chi connectivity index (χ0) is 19.6. The number of aromatic nitrogens is 2. The monoisotopic (exact) mass is 466 g/mol. The Morgan fingerprint density at radius 1 is 1.19 bits per heavy atom. The van der Waals surface area contributed by atoms with Gasteiger partial charge in [0.1, 0.15) is 5.82 Å². The van der Waals surface area contributed by atoms with Crippen LogP contribution in [0.2, 0.25) is 5.02 Å². The number of hydrogen-bond donors (Lipinski definition) is 2. The van der Waals surface area contributed by atoms with E-state index in [1.807, 2.05) is 30.7 Å². The van der Waals surface area contributed by atoms with Crippen LogP contribution in [-0.2, 0) is 6.54 Å². The molecule has 0 atom stereocenters. The molecule has 4 nitrogen and oxygen atoms in total. The van der Waals surface area contributed by atoms with E-state index in [2.05, 4.69) is 31.7 Å². The van der Waals surface area contributed by atoms with Gasteiger partial charge in [-0.25, -0.2) is 4.39 Å². The Bertz CT molecular complexity index is 988. The number of nitrogens with one attached hydrogen (secondary N) is 2. The van der Waals surface area contributed by atoms with Crippen molar-refractivity contribution in [1.29, 1.82) is 0 Å². The number of rotatable bonds is 4. The van der Waals surface area contributed by atoms with E-state index in [-0.39, 0.29) is 5.82 Å². The van der Waals surface area contributed by atoms with Crippen LogP contribution < -0.4 is 10.6 Å². The lowest BCUT2D eigenvalue weighted by molar-refractivity contribution is 0.622. The van der Waals surface area contributed by atoms with Gasteiger partial charge in [-0.05, 0) is 62.0 Å². The maximum atomic E-state index is 13.1. The minimum Gasteiger partial charge on any atom is -0.331 e. The second kappa shape index (κ2) is 8.37. The summed E-state index contributed by atoms with van der Waals surface area (Å²) in [6, 6.07) is 11.9. The molecule has 0 aliphatic carbocycles. The first kappa shape index (κ1) is 19.8. The first-order valence-corrected chi connectivity index (χ1v) is 9.73. The lowest BCUT2D eigenvalue weighted by atomic mass is 10.2. The summed E-state index contributed by atoms with van der Waals surface area (Å²) in [7, 11) is 0. The van der Waals surface area contributed by atoms with Gasteiger partial charge in [0, 0.05) is 4.47 Å². The van der Waals surface area contributed by atoms with Crippen molar-refractivity contribution in [2.75, 3.05) is 10.6 Å². The average molecular weight is 468 g/mol. The van der Waals surface area contributed by atoms with Crippen LogP contribution in [-0.4, -0.2) is 14.9 Å². The van der Waals surface area contributed by atoms with Crippen LogP contribution in [0.25, 0.3) is 0 Å². The Morgan fingerprint density at radius 2 is 1.89 bits per heavy atom. The van der Waals surface area contributed by atoms with Crippen molar-refractivity contribution in [1.82, 2.24) is 9.78 Å². The molecule has 2 N–H and O–H groups in total. The second-order valence-corrected chi connectivity index (χ2v) is 7.76. The van der Waals surface area contributed by atoms with E-state index in [9.17, 15) is 4.39 Å². The molecule has 27 heavy (non-hydrogen) atoms. The summed E-state index contributed by atoms with van der Waals surface area (Å²) in [5.41, 5.74) is 4.27. The van der Waals surface area contributed by atoms with Crippen LogP contribution in [0, 0.1) is 19.7 Å². The van der Waals surface area contributed by atoms with Crippen LogP contribution >= 0.6 is 39.7 Å². The Hall–Kier alpha value is -1.96. The molecule has 1 heterocycles. The van der Waals surface area contributed by atoms with E-state index in [4.69, 9.17) is 23.8 Å². The van der Waals surface area contributed by atoms with Crippen LogP contribution in [0.4, 0.5) is 15.8 Å². The van der Waals surface area contributed by atoms with Gasteiger partial charge in [0.25, 0.3) is 0 Å². The zero-order valence-corrected chi connectivity index (χ0v) is 17.8. The van der Waals surface area contributed by atoms with E-state index >= 15 is 0 Å². The molecule has 0 radical (unpaired) electrons. The summed E-state index contributed by atoms with van der Waals surface area (Å²) in [4.78, 5) is 0. The van der Waals surface area contributed by atoms with Gasteiger partial charge in [-0.1, -0.05) is 39.7 Å². The van der Waals surface area contributed by atoms with Gasteiger partial charge in [-0.3, -0.25) is 4.68 Å². The van der Waals surface area contributed by atoms with Crippen LogP contribution in [0.3, 0.4) is 0 Å². The van der Waals surface area contributed by atoms with E-state index < -0.39 is 0 Å². The number of hydrogen-bond acceptors (Lipinski definition) is 2. The number of thiocarbonyl (C=S) groups is 1. The topological polar surface area (TPSA) is 41.9 Å². The number of nitrogens with zero attached hydrogens (tertiary/aromatic N) is 2. The molecule has 140 valence electrons. The molecule has 0 saturated heterocycles. The van der Waals surface area contributed by atoms with Crippen LogP contribution in [0.15, 0.2) is 46.9 Å². The molecule has 0 fully saturated rings. The molecule has 3 rings (SSSR count). The summed E-state index contributed by atoms with van der Waals surface area (Å²) in [5.74, 6) is -0.252. The highest BCUT2D eigenvalue weighted by Gasteiger charge is 2.14. The third kappa shape index (κ3) is 4.86. The predicted octanol–water partition coefficient (Wildman–Crippen LogP) is 5.91. The highest BCUT2D eigenvalue weighted by atomic mass is 79.9. The normalized spacial score (nSPS) is 10.7. The molecule has 0 bridgehead atoms. The lowest BCUT2D eigenvalue weighted by Gasteiger charge is -2.12. The SMILES string of the molecule is Cc1nn(Cc2ccc(F)cc2)c(C)c1NC(=S)Nc1ccc(Br)cc1Cl. The maximum Gasteiger partial charge on any atom is 0.175 e. The van der Waals surface area contributed by atoms with Gasteiger partial charge in [0.2, 0.25) is 0 Å². The Morgan fingerprint density at radius 3 is 2.56 bits per heavy atom. The van der Waals surface area contributed by atoms with Crippen molar-refractivity contribution < 1.29 is 4.39 Å². The van der Waals surface area contributed by atoms with Crippen molar-refractivity contribution in [3.8, 4) is 0 Å². The third-order valence-corrected chi connectivity index (χ3v) is 5.06. The molecule has 2 aromatic carbocycles. The van der Waals surface area contributed by atoms with Crippen molar-refractivity contribution in [3.05, 3.63) is 74.7 Å². The number of anilines is 2. The quantitative estimate of drug-likeness (QED) is 0.468. The summed E-state index contributed by atoms with van der Waals surface area (Å²) in [6.07, 6.45) is 0. The predicted molar refractivity (Wildman–Crippen MR) is 116 cm³/mol. The summed E-state index contributed by atoms with van der Waals surface area (Å²) in [5, 5.41) is 11.8. The van der Waals surface area contributed by atoms with Gasteiger partial charge < -0.3 is 10.6 Å². The number of benzene rings is 2. The fourth-order valence-electron chi connectivity index (χ4n) is 2.65. The van der Waals surface area contributed by atoms with Crippen molar-refractivity contribution in [2.24, 2.45) is 0 Å². The van der Waals surface area contributed by atoms with Gasteiger partial charge in [0.15, 0.2) is 5.11 Å². The van der Waals surface area contributed by atoms with E-state index in [0.29, 0.717) is 22.4 Å². The average Bonchev–Trinajstić information content (AvgIpc) is 2.87. The van der Waals surface area contributed by atoms with Crippen molar-refractivity contribution in [3.63, 3.8) is 0 Å². The molecule has 0 unspecified atom stereocenters. The molecule has 3 aromatic rings. The number of halogens is 3. The molecule has 8 heteroatoms. The molecule has 1 aromatic heterocycles. The summed E-state index contributed by atoms with van der Waals surface area (Å²) in [6.45, 7) is 4.42. The van der Waals surface area contributed by atoms with E-state index in [1.165, 1.54) is 12.1 Å². The van der Waals surface area contributed by atoms with Gasteiger partial charge in [-0.15, -0.1) is 0 Å². The Labute approximate surface area is 175 Å². The fourth-order valence-corrected chi connectivity index (χ4v) is 3.59. The maximum absolute atomic E-state index is 13.1. The lowest BCUT2D eigenvalue weighted by Crippen LogP contribution is -2.20. The first-order valence-electron chi connectivity index (χ1n) is 8.15. The van der Waals surface area contributed by atoms with E-state index in [0.717, 1.165) is 27.1 Å². The second-order valence-electron chi connectivity index (χ2n) is 6.03. The smallest absolute Gasteiger partial charge is 0.175 e. The minimum absolute atomic E-state index is 0.252. The fraction of sp³-hybridized carbons (Fsp3) is 0.158. The molecule has 0 aliphatic rings. The van der Waals surface area contributed by atoms with Gasteiger partial charge >= 0.3 is 0 Å². The van der Waals surface area contributed by atoms with Crippen molar-refractivity contribution >= 4 is 56.2 Å². The third-order valence-electron chi connectivity index (χ3n) is 4.04. The van der Waals surface area contributed by atoms with Gasteiger partial charge in [0.05, 0.1) is 34.3 Å². The largest absolute Gasteiger partial charge is 0.331 e. The zero-order valence-electron chi connectivity index (χ0n) is 14.7. The Kier molecular flexibility index (Phi) is 6.14. The highest BCUT2D eigenvalue weighted by Crippen LogP contribution is 2.26. The van der Waals surface area contributed by atoms with Crippen molar-refractivity contribution in [2.45, 2.75) is 20.4 Å². The molecule has 0 amide bonds. The van der Waals surface area contributed by atoms with Crippen LogP contribution in [0.1, 0.15) is 17.0 Å². The van der Waals surface area contributed by atoms with Gasteiger partial charge in [-0.2, -0.15) is 5.10 Å². The van der Waals surface area contributed by atoms with E-state index in [1.54, 1.807) is 18.2 Å². The molecular weight excluding hydrogens is 451 g/mol. The molecule has 0 spiro atoms. The van der Waals surface area contributed by atoms with Crippen LogP contribution in [0.5, 0.6) is 0 Å². The highest BCUT2D eigenvalue weighted by molar-refractivity contribution is 9.10. The number of aryl methyl sites for hydroxylation is 1. The first-order chi connectivity index (χ1) is 12.8. The summed E-state index contributed by atoms with van der Waals surface area (Å²) < 4.78 is 15.8. The summed E-state index contributed by atoms with van der Waals surface area (Å²) >= 11 is 15.0. The standard InChI is InChI=1S/C19H17BrClFN4S/c1-11-18(24-19(27)23-17-8-5-14(20)9-16(17)21)12(2)26(25-11)10-13-3-6-15(22)7-4-13/h3-9H,10H2,1-2H3,(H2,23,24,27). The molecule has 0 aliphatic heterocycles. The minimum atomic E-state index is -0.252. The molecular formula is C19H17BrClFN4S. The Balaban J connectivity index is 1.74.